The molecule has 1 aliphatic heterocycles. The van der Waals surface area contributed by atoms with E-state index in [2.05, 4.69) is 81.5 Å². The SMILES string of the molecule is CCCCC/C=C\C/C=C\CCCCCCCCCCCC(=O)OCC(COC1OC(C(=O)O)C(O)C(O)C1OC(=O)CCCCCCCCC/C=C\CCCCCCCC)OC(=O)CCCCCCCCC/C=C\C/C=C\CCCCC. The molecule has 0 saturated carbocycles. The van der Waals surface area contributed by atoms with Gasteiger partial charge in [-0.2, -0.15) is 0 Å². The van der Waals surface area contributed by atoms with Gasteiger partial charge in [0.05, 0.1) is 6.61 Å². The zero-order chi connectivity index (χ0) is 60.3. The summed E-state index contributed by atoms with van der Waals surface area (Å²) in [5.74, 6) is -3.12. The van der Waals surface area contributed by atoms with E-state index in [4.69, 9.17) is 23.7 Å². The molecule has 480 valence electrons. The monoisotopic (exact) mass is 1170 g/mol. The Hall–Kier alpha value is -3.58. The largest absolute Gasteiger partial charge is 0.479 e. The topological polar surface area (TPSA) is 175 Å². The normalized spacial score (nSPS) is 17.9. The maximum absolute atomic E-state index is 13.2. The van der Waals surface area contributed by atoms with Gasteiger partial charge in [0.2, 0.25) is 0 Å². The van der Waals surface area contributed by atoms with E-state index in [1.807, 2.05) is 0 Å². The molecule has 6 unspecified atom stereocenters. The quantitative estimate of drug-likeness (QED) is 0.0228. The van der Waals surface area contributed by atoms with Crippen LogP contribution in [0.4, 0.5) is 0 Å². The number of hydrogen-bond acceptors (Lipinski definition) is 11. The average Bonchev–Trinajstić information content (AvgIpc) is 3.59. The summed E-state index contributed by atoms with van der Waals surface area (Å²) in [6, 6.07) is 0. The van der Waals surface area contributed by atoms with Crippen LogP contribution >= 0.6 is 0 Å². The van der Waals surface area contributed by atoms with Gasteiger partial charge in [0, 0.05) is 19.3 Å². The van der Waals surface area contributed by atoms with Gasteiger partial charge in [-0.25, -0.2) is 4.79 Å². The van der Waals surface area contributed by atoms with Gasteiger partial charge in [0.15, 0.2) is 24.6 Å². The molecule has 0 aromatic heterocycles. The van der Waals surface area contributed by atoms with Gasteiger partial charge in [-0.3, -0.25) is 14.4 Å². The Bertz CT molecular complexity index is 1670. The van der Waals surface area contributed by atoms with E-state index < -0.39 is 67.3 Å². The van der Waals surface area contributed by atoms with E-state index in [1.165, 1.54) is 148 Å². The first-order valence-electron chi connectivity index (χ1n) is 34.3. The van der Waals surface area contributed by atoms with Crippen molar-refractivity contribution in [1.29, 1.82) is 0 Å². The van der Waals surface area contributed by atoms with Crippen LogP contribution in [0.15, 0.2) is 60.8 Å². The molecule has 12 nitrogen and oxygen atoms in total. The summed E-state index contributed by atoms with van der Waals surface area (Å²) in [5.41, 5.74) is 0. The minimum atomic E-state index is -1.91. The smallest absolute Gasteiger partial charge is 0.335 e. The lowest BCUT2D eigenvalue weighted by Gasteiger charge is -2.40. The van der Waals surface area contributed by atoms with Crippen LogP contribution in [0.3, 0.4) is 0 Å². The highest BCUT2D eigenvalue weighted by molar-refractivity contribution is 5.74. The molecule has 0 aromatic carbocycles. The van der Waals surface area contributed by atoms with Gasteiger partial charge in [0.25, 0.3) is 0 Å². The van der Waals surface area contributed by atoms with Crippen LogP contribution in [0, 0.1) is 0 Å². The second-order valence-corrected chi connectivity index (χ2v) is 23.5. The number of carbonyl (C=O) groups excluding carboxylic acids is 3. The Balaban J connectivity index is 2.65. The molecular weight excluding hydrogens is 1040 g/mol. The Kier molecular flexibility index (Phi) is 54.8. The molecule has 0 radical (unpaired) electrons. The predicted molar refractivity (Wildman–Crippen MR) is 340 cm³/mol. The third-order valence-electron chi connectivity index (χ3n) is 15.5. The van der Waals surface area contributed by atoms with Crippen molar-refractivity contribution >= 4 is 23.9 Å². The zero-order valence-corrected chi connectivity index (χ0v) is 53.2. The maximum Gasteiger partial charge on any atom is 0.335 e. The number of ether oxygens (including phenoxy) is 5. The standard InChI is InChI=1S/C71H124O12/c1-4-7-10-13-16-19-22-25-28-31-32-35-36-39-42-45-48-51-54-57-63(72)79-60-62(81-64(73)58-55-52-49-46-43-40-37-33-29-26-23-20-17-14-11-8-5-2)61-80-71-69(67(76)66(75)68(83-71)70(77)78)82-65(74)59-56-53-50-47-44-41-38-34-30-27-24-21-18-15-12-9-6-3/h16-17,19-20,25-30,62,66-69,71,75-76H,4-15,18,21-24,31-61H2,1-3H3,(H,77,78)/b19-16-,20-17-,28-25-,29-26-,30-27-. The number of rotatable bonds is 59. The molecule has 0 aliphatic carbocycles. The van der Waals surface area contributed by atoms with E-state index in [9.17, 15) is 34.5 Å². The Morgan fingerprint density at radius 2 is 0.723 bits per heavy atom. The first-order chi connectivity index (χ1) is 40.6. The van der Waals surface area contributed by atoms with E-state index in [1.54, 1.807) is 0 Å². The molecule has 3 N–H and O–H groups in total. The first kappa shape index (κ1) is 77.4. The van der Waals surface area contributed by atoms with Crippen molar-refractivity contribution in [3.05, 3.63) is 60.8 Å². The van der Waals surface area contributed by atoms with Gasteiger partial charge in [0.1, 0.15) is 18.8 Å². The number of esters is 3. The number of aliphatic carboxylic acids is 1. The number of allylic oxidation sites excluding steroid dienone is 10. The number of carbonyl (C=O) groups is 4. The molecule has 0 bridgehead atoms. The number of carboxylic acid groups (broad SMARTS) is 1. The average molecular weight is 1170 g/mol. The van der Waals surface area contributed by atoms with Crippen molar-refractivity contribution in [2.75, 3.05) is 13.2 Å². The lowest BCUT2D eigenvalue weighted by molar-refractivity contribution is -0.301. The van der Waals surface area contributed by atoms with E-state index in [0.717, 1.165) is 109 Å². The Morgan fingerprint density at radius 1 is 0.398 bits per heavy atom. The molecule has 1 rings (SSSR count). The fraction of sp³-hybridized carbons (Fsp3) is 0.803. The second-order valence-electron chi connectivity index (χ2n) is 23.5. The van der Waals surface area contributed by atoms with Crippen LogP contribution in [-0.2, 0) is 42.9 Å². The van der Waals surface area contributed by atoms with Crippen LogP contribution in [-0.4, -0.2) is 89.2 Å². The van der Waals surface area contributed by atoms with Crippen LogP contribution in [0.25, 0.3) is 0 Å². The van der Waals surface area contributed by atoms with Crippen molar-refractivity contribution in [3.8, 4) is 0 Å². The van der Waals surface area contributed by atoms with Gasteiger partial charge < -0.3 is 39.0 Å². The van der Waals surface area contributed by atoms with Gasteiger partial charge in [-0.05, 0) is 109 Å². The van der Waals surface area contributed by atoms with Crippen LogP contribution in [0.1, 0.15) is 316 Å². The lowest BCUT2D eigenvalue weighted by Crippen LogP contribution is -2.61. The summed E-state index contributed by atoms with van der Waals surface area (Å²) < 4.78 is 28.6. The highest BCUT2D eigenvalue weighted by Gasteiger charge is 2.50. The first-order valence-corrected chi connectivity index (χ1v) is 34.3. The van der Waals surface area contributed by atoms with Gasteiger partial charge in [-0.15, -0.1) is 0 Å². The minimum absolute atomic E-state index is 0.0550. The molecule has 6 atom stereocenters. The van der Waals surface area contributed by atoms with Crippen molar-refractivity contribution in [2.45, 2.75) is 353 Å². The minimum Gasteiger partial charge on any atom is -0.479 e. The predicted octanol–water partition coefficient (Wildman–Crippen LogP) is 18.7. The van der Waals surface area contributed by atoms with Gasteiger partial charge in [-0.1, -0.05) is 248 Å². The third-order valence-corrected chi connectivity index (χ3v) is 15.5. The fourth-order valence-electron chi connectivity index (χ4n) is 10.2. The molecule has 83 heavy (non-hydrogen) atoms. The molecule has 0 aromatic rings. The second kappa shape index (κ2) is 58.8. The molecule has 1 fully saturated rings. The van der Waals surface area contributed by atoms with E-state index in [0.29, 0.717) is 19.3 Å². The lowest BCUT2D eigenvalue weighted by atomic mass is 9.98. The highest BCUT2D eigenvalue weighted by Crippen LogP contribution is 2.27. The Labute approximate surface area is 506 Å². The van der Waals surface area contributed by atoms with Crippen LogP contribution in [0.2, 0.25) is 0 Å². The molecule has 1 saturated heterocycles. The molecule has 1 aliphatic rings. The summed E-state index contributed by atoms with van der Waals surface area (Å²) >= 11 is 0. The summed E-state index contributed by atoms with van der Waals surface area (Å²) in [6.45, 7) is 5.98. The number of aliphatic hydroxyl groups is 2. The highest BCUT2D eigenvalue weighted by atomic mass is 16.7. The molecule has 0 amide bonds. The number of unbranched alkanes of at least 4 members (excludes halogenated alkanes) is 35. The number of carboxylic acids is 1. The van der Waals surface area contributed by atoms with Crippen molar-refractivity contribution in [1.82, 2.24) is 0 Å². The number of hydrogen-bond donors (Lipinski definition) is 3. The Morgan fingerprint density at radius 3 is 1.12 bits per heavy atom. The summed E-state index contributed by atoms with van der Waals surface area (Å²) in [4.78, 5) is 51.4. The molecule has 0 spiro atoms. The fourth-order valence-corrected chi connectivity index (χ4v) is 10.2. The number of aliphatic hydroxyl groups excluding tert-OH is 2. The van der Waals surface area contributed by atoms with Crippen LogP contribution in [0.5, 0.6) is 0 Å². The third kappa shape index (κ3) is 48.3. The maximum atomic E-state index is 13.2. The summed E-state index contributed by atoms with van der Waals surface area (Å²) in [7, 11) is 0. The van der Waals surface area contributed by atoms with Gasteiger partial charge >= 0.3 is 23.9 Å². The van der Waals surface area contributed by atoms with Crippen molar-refractivity contribution in [3.63, 3.8) is 0 Å². The van der Waals surface area contributed by atoms with Crippen molar-refractivity contribution < 1.29 is 58.2 Å². The van der Waals surface area contributed by atoms with Crippen molar-refractivity contribution in [2.24, 2.45) is 0 Å². The molecular formula is C71H124O12. The molecule has 1 heterocycles. The van der Waals surface area contributed by atoms with E-state index in [-0.39, 0.29) is 25.9 Å². The summed E-state index contributed by atoms with van der Waals surface area (Å²) in [5, 5.41) is 31.6. The molecule has 12 heteroatoms. The van der Waals surface area contributed by atoms with E-state index >= 15 is 0 Å². The zero-order valence-electron chi connectivity index (χ0n) is 53.2. The van der Waals surface area contributed by atoms with Crippen LogP contribution < -0.4 is 0 Å². The summed E-state index contributed by atoms with van der Waals surface area (Å²) in [6.07, 6.45) is 61.6.